The van der Waals surface area contributed by atoms with Gasteiger partial charge in [0.2, 0.25) is 5.65 Å². The number of anilines is 1. The predicted molar refractivity (Wildman–Crippen MR) is 66.2 cm³/mol. The van der Waals surface area contributed by atoms with E-state index in [4.69, 9.17) is 5.21 Å². The van der Waals surface area contributed by atoms with Crippen LogP contribution >= 0.6 is 0 Å². The summed E-state index contributed by atoms with van der Waals surface area (Å²) in [5, 5.41) is 20.3. The molecule has 0 radical (unpaired) electrons. The standard InChI is InChI=1S/C11H14N6O/c1-8-13-14-11-10(12-4-7-17(8)11)16-5-2-9(15-18)3-6-16/h4,7,18H,2-3,5-6H2,1H3. The molecular formula is C11H14N6O. The van der Waals surface area contributed by atoms with Crippen molar-refractivity contribution in [2.75, 3.05) is 18.0 Å². The minimum atomic E-state index is 0.756. The number of aromatic nitrogens is 4. The van der Waals surface area contributed by atoms with Crippen molar-refractivity contribution >= 4 is 17.2 Å². The summed E-state index contributed by atoms with van der Waals surface area (Å²) >= 11 is 0. The third-order valence-corrected chi connectivity index (χ3v) is 3.26. The van der Waals surface area contributed by atoms with E-state index in [2.05, 4.69) is 25.2 Å². The van der Waals surface area contributed by atoms with Crippen LogP contribution in [0.25, 0.3) is 5.65 Å². The van der Waals surface area contributed by atoms with Crippen molar-refractivity contribution in [3.05, 3.63) is 18.2 Å². The van der Waals surface area contributed by atoms with Gasteiger partial charge in [-0.05, 0) is 6.92 Å². The second-order valence-corrected chi connectivity index (χ2v) is 4.34. The molecule has 7 heteroatoms. The maximum atomic E-state index is 8.75. The molecule has 2 aromatic heterocycles. The van der Waals surface area contributed by atoms with Gasteiger partial charge < -0.3 is 10.1 Å². The summed E-state index contributed by atoms with van der Waals surface area (Å²) in [5.41, 5.74) is 1.62. The van der Waals surface area contributed by atoms with Crippen molar-refractivity contribution in [1.29, 1.82) is 0 Å². The van der Waals surface area contributed by atoms with Crippen LogP contribution in [0.2, 0.25) is 0 Å². The second-order valence-electron chi connectivity index (χ2n) is 4.34. The predicted octanol–water partition coefficient (Wildman–Crippen LogP) is 0.863. The molecule has 3 rings (SSSR count). The second kappa shape index (κ2) is 4.25. The van der Waals surface area contributed by atoms with E-state index in [-0.39, 0.29) is 0 Å². The van der Waals surface area contributed by atoms with Crippen molar-refractivity contribution in [3.63, 3.8) is 0 Å². The van der Waals surface area contributed by atoms with Gasteiger partial charge in [0.1, 0.15) is 5.82 Å². The Morgan fingerprint density at radius 2 is 2.06 bits per heavy atom. The molecular weight excluding hydrogens is 232 g/mol. The topological polar surface area (TPSA) is 78.9 Å². The molecule has 1 aliphatic rings. The van der Waals surface area contributed by atoms with Crippen molar-refractivity contribution < 1.29 is 5.21 Å². The fourth-order valence-electron chi connectivity index (χ4n) is 2.23. The molecule has 2 aromatic rings. The quantitative estimate of drug-likeness (QED) is 0.596. The van der Waals surface area contributed by atoms with Crippen LogP contribution in [0, 0.1) is 6.92 Å². The highest BCUT2D eigenvalue weighted by Gasteiger charge is 2.20. The van der Waals surface area contributed by atoms with Gasteiger partial charge in [0.15, 0.2) is 5.82 Å². The number of aryl methyl sites for hydroxylation is 1. The molecule has 0 aromatic carbocycles. The normalized spacial score (nSPS) is 16.3. The van der Waals surface area contributed by atoms with Crippen LogP contribution in [-0.2, 0) is 0 Å². The molecule has 18 heavy (non-hydrogen) atoms. The number of hydrogen-bond acceptors (Lipinski definition) is 6. The average Bonchev–Trinajstić information content (AvgIpc) is 2.81. The molecule has 0 atom stereocenters. The summed E-state index contributed by atoms with van der Waals surface area (Å²) in [4.78, 5) is 6.55. The smallest absolute Gasteiger partial charge is 0.203 e. The summed E-state index contributed by atoms with van der Waals surface area (Å²) in [6.45, 7) is 3.49. The van der Waals surface area contributed by atoms with E-state index in [1.165, 1.54) is 0 Å². The van der Waals surface area contributed by atoms with Gasteiger partial charge in [-0.2, -0.15) is 0 Å². The third-order valence-electron chi connectivity index (χ3n) is 3.26. The van der Waals surface area contributed by atoms with Crippen LogP contribution in [0.5, 0.6) is 0 Å². The first kappa shape index (κ1) is 10.9. The van der Waals surface area contributed by atoms with E-state index in [0.717, 1.165) is 48.9 Å². The molecule has 94 valence electrons. The monoisotopic (exact) mass is 246 g/mol. The minimum Gasteiger partial charge on any atom is -0.411 e. The fraction of sp³-hybridized carbons (Fsp3) is 0.455. The van der Waals surface area contributed by atoms with E-state index >= 15 is 0 Å². The molecule has 1 N–H and O–H groups in total. The lowest BCUT2D eigenvalue weighted by Crippen LogP contribution is -2.34. The lowest BCUT2D eigenvalue weighted by molar-refractivity contribution is 0.315. The van der Waals surface area contributed by atoms with E-state index in [1.807, 2.05) is 17.5 Å². The number of piperidine rings is 1. The zero-order chi connectivity index (χ0) is 12.5. The lowest BCUT2D eigenvalue weighted by atomic mass is 10.1. The molecule has 0 saturated carbocycles. The molecule has 7 nitrogen and oxygen atoms in total. The highest BCUT2D eigenvalue weighted by atomic mass is 16.4. The van der Waals surface area contributed by atoms with Crippen LogP contribution in [0.3, 0.4) is 0 Å². The maximum absolute atomic E-state index is 8.75. The average molecular weight is 246 g/mol. The van der Waals surface area contributed by atoms with E-state index < -0.39 is 0 Å². The molecule has 0 aliphatic carbocycles. The van der Waals surface area contributed by atoms with Crippen LogP contribution in [0.1, 0.15) is 18.7 Å². The Hall–Kier alpha value is -2.18. The number of nitrogens with zero attached hydrogens (tertiary/aromatic N) is 6. The van der Waals surface area contributed by atoms with E-state index in [9.17, 15) is 0 Å². The Morgan fingerprint density at radius 3 is 2.78 bits per heavy atom. The van der Waals surface area contributed by atoms with Gasteiger partial charge in [0.05, 0.1) is 5.71 Å². The Balaban J connectivity index is 1.95. The van der Waals surface area contributed by atoms with Crippen molar-refractivity contribution in [2.45, 2.75) is 19.8 Å². The SMILES string of the molecule is Cc1nnc2c(N3CCC(=NO)CC3)nccn12. The van der Waals surface area contributed by atoms with Gasteiger partial charge >= 0.3 is 0 Å². The number of hydrogen-bond donors (Lipinski definition) is 1. The van der Waals surface area contributed by atoms with Gasteiger partial charge in [-0.1, -0.05) is 5.16 Å². The summed E-state index contributed by atoms with van der Waals surface area (Å²) in [5.74, 6) is 1.69. The highest BCUT2D eigenvalue weighted by molar-refractivity contribution is 5.86. The van der Waals surface area contributed by atoms with Crippen molar-refractivity contribution in [3.8, 4) is 0 Å². The van der Waals surface area contributed by atoms with Gasteiger partial charge in [0, 0.05) is 38.3 Å². The molecule has 0 unspecified atom stereocenters. The Bertz CT molecular complexity index is 595. The largest absolute Gasteiger partial charge is 0.411 e. The van der Waals surface area contributed by atoms with Crippen LogP contribution < -0.4 is 4.90 Å². The Kier molecular flexibility index (Phi) is 2.58. The Labute approximate surface area is 104 Å². The first-order valence-electron chi connectivity index (χ1n) is 5.90. The van der Waals surface area contributed by atoms with Gasteiger partial charge in [-0.25, -0.2) is 4.98 Å². The first-order valence-corrected chi connectivity index (χ1v) is 5.90. The number of rotatable bonds is 1. The highest BCUT2D eigenvalue weighted by Crippen LogP contribution is 2.20. The summed E-state index contributed by atoms with van der Waals surface area (Å²) in [7, 11) is 0. The molecule has 1 fully saturated rings. The van der Waals surface area contributed by atoms with Crippen molar-refractivity contribution in [2.24, 2.45) is 5.16 Å². The van der Waals surface area contributed by atoms with Gasteiger partial charge in [-0.3, -0.25) is 4.40 Å². The zero-order valence-electron chi connectivity index (χ0n) is 10.1. The van der Waals surface area contributed by atoms with Gasteiger partial charge in [0.25, 0.3) is 0 Å². The molecule has 0 bridgehead atoms. The number of fused-ring (bicyclic) bond motifs is 1. The molecule has 1 saturated heterocycles. The minimum absolute atomic E-state index is 0.756. The van der Waals surface area contributed by atoms with Crippen LogP contribution in [-0.4, -0.2) is 43.6 Å². The Morgan fingerprint density at radius 1 is 1.28 bits per heavy atom. The molecule has 3 heterocycles. The van der Waals surface area contributed by atoms with E-state index in [1.54, 1.807) is 6.20 Å². The zero-order valence-corrected chi connectivity index (χ0v) is 10.1. The summed E-state index contributed by atoms with van der Waals surface area (Å²) < 4.78 is 1.93. The first-order chi connectivity index (χ1) is 8.79. The fourth-order valence-corrected chi connectivity index (χ4v) is 2.23. The lowest BCUT2D eigenvalue weighted by Gasteiger charge is -2.27. The molecule has 1 aliphatic heterocycles. The van der Waals surface area contributed by atoms with E-state index in [0.29, 0.717) is 0 Å². The van der Waals surface area contributed by atoms with Gasteiger partial charge in [-0.15, -0.1) is 10.2 Å². The molecule has 0 amide bonds. The maximum Gasteiger partial charge on any atom is 0.203 e. The van der Waals surface area contributed by atoms with Crippen LogP contribution in [0.4, 0.5) is 5.82 Å². The van der Waals surface area contributed by atoms with Crippen molar-refractivity contribution in [1.82, 2.24) is 19.6 Å². The molecule has 0 spiro atoms. The summed E-state index contributed by atoms with van der Waals surface area (Å²) in [6.07, 6.45) is 5.13. The number of oxime groups is 1. The summed E-state index contributed by atoms with van der Waals surface area (Å²) in [6, 6.07) is 0. The van der Waals surface area contributed by atoms with Crippen LogP contribution in [0.15, 0.2) is 17.5 Å². The third kappa shape index (κ3) is 1.68.